The number of amides is 1. The summed E-state index contributed by atoms with van der Waals surface area (Å²) in [5, 5.41) is 19.6. The zero-order valence-corrected chi connectivity index (χ0v) is 21.5. The van der Waals surface area contributed by atoms with Crippen LogP contribution in [0.1, 0.15) is 46.7 Å². The fourth-order valence-corrected chi connectivity index (χ4v) is 5.87. The van der Waals surface area contributed by atoms with E-state index in [0.29, 0.717) is 35.9 Å². The predicted molar refractivity (Wildman–Crippen MR) is 135 cm³/mol. The van der Waals surface area contributed by atoms with Crippen molar-refractivity contribution in [2.45, 2.75) is 38.3 Å². The van der Waals surface area contributed by atoms with Gasteiger partial charge in [-0.3, -0.25) is 14.4 Å². The van der Waals surface area contributed by atoms with Crippen LogP contribution in [0.15, 0.2) is 35.8 Å². The van der Waals surface area contributed by atoms with Crippen molar-refractivity contribution in [3.63, 3.8) is 0 Å². The highest BCUT2D eigenvalue weighted by Crippen LogP contribution is 2.30. The first-order chi connectivity index (χ1) is 16.8. The number of aromatic nitrogens is 3. The molecule has 3 aromatic rings. The Balaban J connectivity index is 1.31. The van der Waals surface area contributed by atoms with Gasteiger partial charge < -0.3 is 5.32 Å². The van der Waals surface area contributed by atoms with Crippen LogP contribution in [-0.2, 0) is 17.2 Å². The molecule has 184 valence electrons. The van der Waals surface area contributed by atoms with Gasteiger partial charge in [-0.25, -0.2) is 13.4 Å². The summed E-state index contributed by atoms with van der Waals surface area (Å²) in [6, 6.07) is 8.91. The van der Waals surface area contributed by atoms with E-state index in [1.54, 1.807) is 28.3 Å². The van der Waals surface area contributed by atoms with E-state index in [9.17, 15) is 13.2 Å². The molecule has 35 heavy (non-hydrogen) atoms. The number of benzene rings is 1. The molecule has 3 heterocycles. The molecule has 9 nitrogen and oxygen atoms in total. The quantitative estimate of drug-likeness (QED) is 0.427. The van der Waals surface area contributed by atoms with Gasteiger partial charge in [-0.2, -0.15) is 10.4 Å². The number of thiazole rings is 1. The number of thiol groups is 1. The molecule has 1 aliphatic rings. The van der Waals surface area contributed by atoms with Crippen LogP contribution in [0, 0.1) is 11.3 Å². The number of nitrogens with zero attached hydrogens (tertiary/aromatic N) is 5. The molecule has 0 aliphatic carbocycles. The lowest BCUT2D eigenvalue weighted by Crippen LogP contribution is -2.36. The molecule has 2 aromatic heterocycles. The molecule has 0 saturated carbocycles. The van der Waals surface area contributed by atoms with Crippen molar-refractivity contribution in [3.05, 3.63) is 57.1 Å². The van der Waals surface area contributed by atoms with Crippen LogP contribution < -0.4 is 5.32 Å². The molecular formula is C23H25ClN6O3S2. The molecule has 1 aromatic carbocycles. The molecule has 1 fully saturated rings. The van der Waals surface area contributed by atoms with Crippen molar-refractivity contribution < 1.29 is 13.2 Å². The summed E-state index contributed by atoms with van der Waals surface area (Å²) in [4.78, 5) is 19.2. The topological polar surface area (TPSA) is 121 Å². The zero-order valence-electron chi connectivity index (χ0n) is 19.1. The number of carbonyl (C=O) groups excluding carboxylic acids is 1. The van der Waals surface area contributed by atoms with Gasteiger partial charge in [-0.05, 0) is 51.1 Å². The molecule has 1 aliphatic heterocycles. The minimum absolute atomic E-state index is 0.102. The number of piperidine rings is 1. The molecule has 1 saturated heterocycles. The van der Waals surface area contributed by atoms with Crippen LogP contribution in [0.2, 0.25) is 5.02 Å². The van der Waals surface area contributed by atoms with Crippen molar-refractivity contribution in [1.29, 1.82) is 5.26 Å². The Morgan fingerprint density at radius 3 is 2.80 bits per heavy atom. The first-order valence-electron chi connectivity index (χ1n) is 11.2. The maximum Gasteiger partial charge on any atom is 0.271 e. The molecule has 0 radical (unpaired) electrons. The lowest BCUT2D eigenvalue weighted by Gasteiger charge is -2.29. The molecule has 1 N–H and O–H groups in total. The van der Waals surface area contributed by atoms with Gasteiger partial charge >= 0.3 is 0 Å². The van der Waals surface area contributed by atoms with E-state index in [1.807, 2.05) is 30.2 Å². The standard InChI is InChI=1S/C23H25ClN6O3S2/c1-15(12-30-9-6-20(28-30)17-2-3-18(11-25)19(24)10-17)26-22(31)21-13-34-23(27-21)16-4-7-29(8-5-16)14-35(32)33/h2-3,6,9-10,13,15-16,35H,4-5,7-8,12,14H2,1H3,(H,26,31)/t15-/m1/s1. The van der Waals surface area contributed by atoms with Crippen LogP contribution in [0.25, 0.3) is 11.3 Å². The Morgan fingerprint density at radius 2 is 2.11 bits per heavy atom. The van der Waals surface area contributed by atoms with Gasteiger partial charge in [-0.15, -0.1) is 11.3 Å². The number of halogens is 1. The average Bonchev–Trinajstić information content (AvgIpc) is 3.49. The van der Waals surface area contributed by atoms with E-state index < -0.39 is 10.7 Å². The second kappa shape index (κ2) is 11.3. The lowest BCUT2D eigenvalue weighted by molar-refractivity contribution is 0.0931. The van der Waals surface area contributed by atoms with Crippen LogP contribution in [0.4, 0.5) is 0 Å². The van der Waals surface area contributed by atoms with Gasteiger partial charge in [0, 0.05) is 29.1 Å². The van der Waals surface area contributed by atoms with E-state index in [-0.39, 0.29) is 23.7 Å². The summed E-state index contributed by atoms with van der Waals surface area (Å²) in [5.74, 6) is 0.120. The van der Waals surface area contributed by atoms with Crippen molar-refractivity contribution >= 4 is 39.5 Å². The van der Waals surface area contributed by atoms with Gasteiger partial charge in [0.05, 0.1) is 33.7 Å². The van der Waals surface area contributed by atoms with Gasteiger partial charge in [0.2, 0.25) is 0 Å². The van der Waals surface area contributed by atoms with E-state index in [4.69, 9.17) is 16.9 Å². The molecule has 0 bridgehead atoms. The van der Waals surface area contributed by atoms with E-state index in [0.717, 1.165) is 29.1 Å². The average molecular weight is 533 g/mol. The Labute approximate surface area is 214 Å². The minimum Gasteiger partial charge on any atom is -0.346 e. The van der Waals surface area contributed by atoms with E-state index >= 15 is 0 Å². The summed E-state index contributed by atoms with van der Waals surface area (Å²) < 4.78 is 23.6. The minimum atomic E-state index is -2.40. The zero-order chi connectivity index (χ0) is 24.9. The maximum atomic E-state index is 12.7. The summed E-state index contributed by atoms with van der Waals surface area (Å²) >= 11 is 7.60. The van der Waals surface area contributed by atoms with Crippen LogP contribution >= 0.6 is 22.9 Å². The van der Waals surface area contributed by atoms with Crippen LogP contribution in [0.5, 0.6) is 0 Å². The molecule has 0 unspecified atom stereocenters. The van der Waals surface area contributed by atoms with Gasteiger partial charge in [0.1, 0.15) is 11.8 Å². The summed E-state index contributed by atoms with van der Waals surface area (Å²) in [6.07, 6.45) is 3.50. The van der Waals surface area contributed by atoms with Gasteiger partial charge in [0.15, 0.2) is 10.7 Å². The third kappa shape index (κ3) is 6.46. The number of carbonyl (C=O) groups is 1. The molecule has 4 rings (SSSR count). The van der Waals surface area contributed by atoms with Crippen molar-refractivity contribution in [1.82, 2.24) is 25.0 Å². The molecule has 1 atom stereocenters. The summed E-state index contributed by atoms with van der Waals surface area (Å²) in [5.41, 5.74) is 2.36. The Hall–Kier alpha value is -2.78. The maximum absolute atomic E-state index is 12.7. The number of rotatable bonds is 8. The van der Waals surface area contributed by atoms with Crippen molar-refractivity contribution in [3.8, 4) is 17.3 Å². The fraction of sp³-hybridized carbons (Fsp3) is 0.391. The number of nitriles is 1. The first kappa shape index (κ1) is 25.3. The van der Waals surface area contributed by atoms with E-state index in [1.165, 1.54) is 11.3 Å². The highest BCUT2D eigenvalue weighted by Gasteiger charge is 2.24. The number of hydrogen-bond donors (Lipinski definition) is 2. The van der Waals surface area contributed by atoms with Crippen LogP contribution in [0.3, 0.4) is 0 Å². The SMILES string of the molecule is C[C@H](Cn1ccc(-c2ccc(C#N)c(Cl)c2)n1)NC(=O)c1csc(C2CCN(C[SH](=O)=O)CC2)n1. The number of likely N-dealkylation sites (tertiary alicyclic amines) is 1. The van der Waals surface area contributed by atoms with Gasteiger partial charge in [0.25, 0.3) is 5.91 Å². The second-order valence-corrected chi connectivity index (χ2v) is 10.8. The monoisotopic (exact) mass is 532 g/mol. The third-order valence-electron chi connectivity index (χ3n) is 5.87. The van der Waals surface area contributed by atoms with Gasteiger partial charge in [-0.1, -0.05) is 17.7 Å². The highest BCUT2D eigenvalue weighted by molar-refractivity contribution is 7.72. The second-order valence-electron chi connectivity index (χ2n) is 8.54. The summed E-state index contributed by atoms with van der Waals surface area (Å²) in [7, 11) is -2.40. The van der Waals surface area contributed by atoms with Crippen molar-refractivity contribution in [2.75, 3.05) is 19.0 Å². The summed E-state index contributed by atoms with van der Waals surface area (Å²) in [6.45, 7) is 3.81. The number of hydrogen-bond acceptors (Lipinski definition) is 8. The molecule has 0 spiro atoms. The van der Waals surface area contributed by atoms with Crippen molar-refractivity contribution in [2.24, 2.45) is 0 Å². The Bertz CT molecular complexity index is 1310. The molecule has 12 heteroatoms. The lowest BCUT2D eigenvalue weighted by atomic mass is 9.98. The fourth-order valence-electron chi connectivity index (χ4n) is 4.07. The predicted octanol–water partition coefficient (Wildman–Crippen LogP) is 3.10. The third-order valence-corrected chi connectivity index (χ3v) is 7.82. The Morgan fingerprint density at radius 1 is 1.34 bits per heavy atom. The number of nitrogens with one attached hydrogen (secondary N) is 1. The smallest absolute Gasteiger partial charge is 0.271 e. The Kier molecular flexibility index (Phi) is 8.18. The molecular weight excluding hydrogens is 508 g/mol. The normalized spacial score (nSPS) is 15.7. The first-order valence-corrected chi connectivity index (χ1v) is 13.8. The van der Waals surface area contributed by atoms with Crippen LogP contribution in [-0.4, -0.2) is 59.0 Å². The molecule has 1 amide bonds. The largest absolute Gasteiger partial charge is 0.346 e. The van der Waals surface area contributed by atoms with E-state index in [2.05, 4.69) is 15.4 Å². The highest BCUT2D eigenvalue weighted by atomic mass is 35.5.